The summed E-state index contributed by atoms with van der Waals surface area (Å²) in [4.78, 5) is 0. The van der Waals surface area contributed by atoms with Crippen LogP contribution in [0.4, 0.5) is 4.39 Å². The minimum atomic E-state index is -0.597. The second kappa shape index (κ2) is 1.33. The van der Waals surface area contributed by atoms with Crippen molar-refractivity contribution in [2.45, 2.75) is 6.92 Å². The number of rotatable bonds is 0. The Morgan fingerprint density at radius 2 is 2.57 bits per heavy atom. The fourth-order valence-electron chi connectivity index (χ4n) is 0.274. The van der Waals surface area contributed by atoms with Gasteiger partial charge < -0.3 is 4.52 Å². The Morgan fingerprint density at radius 1 is 1.86 bits per heavy atom. The number of aromatic nitrogens is 1. The molecule has 0 atom stereocenters. The molecule has 0 spiro atoms. The van der Waals surface area contributed by atoms with E-state index in [4.69, 9.17) is 0 Å². The Hall–Kier alpha value is -0.860. The molecule has 0 bridgehead atoms. The molecule has 1 rings (SSSR count). The molecule has 0 unspecified atom stereocenters. The number of hydrogen-bond acceptors (Lipinski definition) is 2. The predicted octanol–water partition coefficient (Wildman–Crippen LogP) is 1.12. The van der Waals surface area contributed by atoms with Gasteiger partial charge in [0, 0.05) is 5.56 Å². The molecule has 1 heterocycles. The Labute approximate surface area is 39.9 Å². The molecule has 0 saturated heterocycles. The first-order chi connectivity index (χ1) is 3.30. The lowest BCUT2D eigenvalue weighted by molar-refractivity contribution is 0.280. The molecule has 1 aromatic rings. The molecule has 7 heavy (non-hydrogen) atoms. The van der Waals surface area contributed by atoms with Crippen molar-refractivity contribution in [1.82, 2.24) is 5.16 Å². The number of aryl methyl sites for hydroxylation is 1. The van der Waals surface area contributed by atoms with E-state index in [1.54, 1.807) is 6.92 Å². The summed E-state index contributed by atoms with van der Waals surface area (Å²) < 4.78 is 15.9. The molecule has 1 aromatic heterocycles. The van der Waals surface area contributed by atoms with Crippen LogP contribution in [0.15, 0.2) is 10.7 Å². The van der Waals surface area contributed by atoms with Gasteiger partial charge in [-0.2, -0.15) is 4.39 Å². The summed E-state index contributed by atoms with van der Waals surface area (Å²) in [7, 11) is 0. The molecule has 2 nitrogen and oxygen atoms in total. The lowest BCUT2D eigenvalue weighted by atomic mass is 10.4. The van der Waals surface area contributed by atoms with Gasteiger partial charge in [0.1, 0.15) is 0 Å². The van der Waals surface area contributed by atoms with Gasteiger partial charge in [-0.1, -0.05) is 5.16 Å². The van der Waals surface area contributed by atoms with Crippen LogP contribution in [0.3, 0.4) is 0 Å². The molecular weight excluding hydrogens is 97.0 g/mol. The molecular formula is C4H4FNO. The largest absolute Gasteiger partial charge is 0.326 e. The summed E-state index contributed by atoms with van der Waals surface area (Å²) in [5.41, 5.74) is 0.444. The highest BCUT2D eigenvalue weighted by molar-refractivity contribution is 4.97. The number of hydrogen-bond donors (Lipinski definition) is 0. The normalized spacial score (nSPS) is 9.43. The van der Waals surface area contributed by atoms with Crippen LogP contribution in [-0.2, 0) is 0 Å². The molecule has 0 aliphatic rings. The third kappa shape index (κ3) is 0.607. The highest BCUT2D eigenvalue weighted by Crippen LogP contribution is 2.00. The van der Waals surface area contributed by atoms with Crippen LogP contribution >= 0.6 is 0 Å². The van der Waals surface area contributed by atoms with E-state index in [0.717, 1.165) is 0 Å². The van der Waals surface area contributed by atoms with Crippen molar-refractivity contribution < 1.29 is 8.91 Å². The standard InChI is InChI=1S/C4H4FNO/c1-3-2-6-7-4(3)5/h2H,1H3. The van der Waals surface area contributed by atoms with Crippen molar-refractivity contribution in [3.8, 4) is 0 Å². The third-order valence-electron chi connectivity index (χ3n) is 0.689. The summed E-state index contributed by atoms with van der Waals surface area (Å²) in [6.45, 7) is 1.59. The monoisotopic (exact) mass is 101 g/mol. The van der Waals surface area contributed by atoms with Crippen molar-refractivity contribution in [3.63, 3.8) is 0 Å². The second-order valence-corrected chi connectivity index (χ2v) is 1.28. The van der Waals surface area contributed by atoms with E-state index in [1.807, 2.05) is 0 Å². The molecule has 38 valence electrons. The summed E-state index contributed by atoms with van der Waals surface area (Å²) in [6, 6.07) is -0.597. The van der Waals surface area contributed by atoms with E-state index in [1.165, 1.54) is 6.20 Å². The Morgan fingerprint density at radius 3 is 2.71 bits per heavy atom. The van der Waals surface area contributed by atoms with E-state index in [2.05, 4.69) is 9.68 Å². The van der Waals surface area contributed by atoms with Crippen LogP contribution in [-0.4, -0.2) is 5.16 Å². The van der Waals surface area contributed by atoms with Crippen molar-refractivity contribution in [3.05, 3.63) is 17.8 Å². The molecule has 0 saturated carbocycles. The van der Waals surface area contributed by atoms with Gasteiger partial charge in [0.05, 0.1) is 6.20 Å². The van der Waals surface area contributed by atoms with Gasteiger partial charge in [0.2, 0.25) is 0 Å². The first kappa shape index (κ1) is 4.30. The van der Waals surface area contributed by atoms with Crippen molar-refractivity contribution in [1.29, 1.82) is 0 Å². The van der Waals surface area contributed by atoms with Gasteiger partial charge in [-0.3, -0.25) is 0 Å². The maximum atomic E-state index is 11.8. The Balaban J connectivity index is 3.12. The van der Waals surface area contributed by atoms with E-state index in [-0.39, 0.29) is 0 Å². The van der Waals surface area contributed by atoms with E-state index >= 15 is 0 Å². The Kier molecular flexibility index (Phi) is 0.817. The van der Waals surface area contributed by atoms with E-state index in [9.17, 15) is 4.39 Å². The number of nitrogens with zero attached hydrogens (tertiary/aromatic N) is 1. The maximum absolute atomic E-state index is 11.8. The zero-order chi connectivity index (χ0) is 5.28. The number of halogens is 1. The average molecular weight is 101 g/mol. The minimum Gasteiger partial charge on any atom is -0.326 e. The lowest BCUT2D eigenvalue weighted by Crippen LogP contribution is -1.65. The zero-order valence-corrected chi connectivity index (χ0v) is 3.81. The quantitative estimate of drug-likeness (QED) is 0.489. The van der Waals surface area contributed by atoms with Crippen molar-refractivity contribution in [2.75, 3.05) is 0 Å². The summed E-state index contributed by atoms with van der Waals surface area (Å²) in [5.74, 6) is 0. The van der Waals surface area contributed by atoms with Gasteiger partial charge in [0.15, 0.2) is 0 Å². The minimum absolute atomic E-state index is 0.444. The lowest BCUT2D eigenvalue weighted by Gasteiger charge is -1.70. The first-order valence-electron chi connectivity index (χ1n) is 1.87. The van der Waals surface area contributed by atoms with Crippen molar-refractivity contribution >= 4 is 0 Å². The van der Waals surface area contributed by atoms with Crippen LogP contribution in [0.5, 0.6) is 0 Å². The topological polar surface area (TPSA) is 26.0 Å². The average Bonchev–Trinajstić information content (AvgIpc) is 1.91. The van der Waals surface area contributed by atoms with Crippen molar-refractivity contribution in [2.24, 2.45) is 0 Å². The first-order valence-corrected chi connectivity index (χ1v) is 1.87. The highest BCUT2D eigenvalue weighted by Gasteiger charge is 1.96. The molecule has 0 radical (unpaired) electrons. The highest BCUT2D eigenvalue weighted by atomic mass is 19.1. The molecule has 0 aromatic carbocycles. The Bertz CT molecular complexity index is 144. The molecule has 0 fully saturated rings. The van der Waals surface area contributed by atoms with E-state index < -0.39 is 6.01 Å². The maximum Gasteiger partial charge on any atom is 0.308 e. The van der Waals surface area contributed by atoms with Crippen LogP contribution < -0.4 is 0 Å². The zero-order valence-electron chi connectivity index (χ0n) is 3.81. The van der Waals surface area contributed by atoms with Crippen LogP contribution in [0.1, 0.15) is 5.56 Å². The fourth-order valence-corrected chi connectivity index (χ4v) is 0.274. The summed E-state index contributed by atoms with van der Waals surface area (Å²) in [6.07, 6.45) is 1.33. The molecule has 0 N–H and O–H groups in total. The summed E-state index contributed by atoms with van der Waals surface area (Å²) in [5, 5.41) is 3.17. The van der Waals surface area contributed by atoms with Gasteiger partial charge in [-0.25, -0.2) is 0 Å². The van der Waals surface area contributed by atoms with Crippen LogP contribution in [0, 0.1) is 12.9 Å². The SMILES string of the molecule is Cc1cnoc1F. The summed E-state index contributed by atoms with van der Waals surface area (Å²) >= 11 is 0. The molecule has 3 heteroatoms. The van der Waals surface area contributed by atoms with Crippen LogP contribution in [0.2, 0.25) is 0 Å². The van der Waals surface area contributed by atoms with Gasteiger partial charge in [0.25, 0.3) is 0 Å². The van der Waals surface area contributed by atoms with Gasteiger partial charge in [-0.15, -0.1) is 0 Å². The molecule has 0 amide bonds. The predicted molar refractivity (Wildman–Crippen MR) is 21.2 cm³/mol. The van der Waals surface area contributed by atoms with Gasteiger partial charge >= 0.3 is 6.01 Å². The van der Waals surface area contributed by atoms with Crippen LogP contribution in [0.25, 0.3) is 0 Å². The molecule has 0 aliphatic carbocycles. The molecule has 0 aliphatic heterocycles. The smallest absolute Gasteiger partial charge is 0.308 e. The second-order valence-electron chi connectivity index (χ2n) is 1.28. The van der Waals surface area contributed by atoms with Gasteiger partial charge in [-0.05, 0) is 6.92 Å². The van der Waals surface area contributed by atoms with E-state index in [0.29, 0.717) is 5.56 Å². The fraction of sp³-hybridized carbons (Fsp3) is 0.250. The third-order valence-corrected chi connectivity index (χ3v) is 0.689.